The molecule has 0 saturated carbocycles. The Morgan fingerprint density at radius 3 is 2.88 bits per heavy atom. The van der Waals surface area contributed by atoms with E-state index in [4.69, 9.17) is 9.94 Å². The fourth-order valence-corrected chi connectivity index (χ4v) is 1.53. The lowest BCUT2D eigenvalue weighted by Crippen LogP contribution is -2.24. The maximum absolute atomic E-state index is 8.96. The van der Waals surface area contributed by atoms with Crippen LogP contribution in [-0.4, -0.2) is 36.1 Å². The van der Waals surface area contributed by atoms with Crippen LogP contribution in [0.25, 0.3) is 0 Å². The van der Waals surface area contributed by atoms with Gasteiger partial charge in [0.25, 0.3) is 0 Å². The molecule has 90 valence electrons. The van der Waals surface area contributed by atoms with Gasteiger partial charge in [0.05, 0.1) is 6.61 Å². The van der Waals surface area contributed by atoms with Crippen molar-refractivity contribution in [2.75, 3.05) is 13.2 Å². The van der Waals surface area contributed by atoms with E-state index >= 15 is 0 Å². The van der Waals surface area contributed by atoms with Gasteiger partial charge in [0.15, 0.2) is 0 Å². The molecule has 1 fully saturated rings. The highest BCUT2D eigenvalue weighted by molar-refractivity contribution is 6.01. The van der Waals surface area contributed by atoms with E-state index in [1.165, 1.54) is 0 Å². The van der Waals surface area contributed by atoms with Gasteiger partial charge in [-0.3, -0.25) is 0 Å². The van der Waals surface area contributed by atoms with Crippen LogP contribution in [0, 0.1) is 17.8 Å². The minimum absolute atomic E-state index is 0.0459. The first-order valence-electron chi connectivity index (χ1n) is 5.68. The molecule has 4 heteroatoms. The van der Waals surface area contributed by atoms with Crippen LogP contribution in [0.1, 0.15) is 27.2 Å². The summed E-state index contributed by atoms with van der Waals surface area (Å²) < 4.78 is 0. The maximum Gasteiger partial charge on any atom is 0.141 e. The molecule has 2 N–H and O–H groups in total. The monoisotopic (exact) mass is 224 g/mol. The number of oxime groups is 1. The average Bonchev–Trinajstić information content (AvgIpc) is 2.71. The van der Waals surface area contributed by atoms with Gasteiger partial charge < -0.3 is 15.3 Å². The largest absolute Gasteiger partial charge is 0.395 e. The molecule has 0 aromatic heterocycles. The Labute approximate surface area is 97.1 Å². The van der Waals surface area contributed by atoms with Gasteiger partial charge in [-0.2, -0.15) is 0 Å². The topological polar surface area (TPSA) is 53.8 Å². The fourth-order valence-electron chi connectivity index (χ4n) is 1.53. The molecule has 0 unspecified atom stereocenters. The average molecular weight is 224 g/mol. The van der Waals surface area contributed by atoms with E-state index in [2.05, 4.69) is 22.3 Å². The molecule has 0 bridgehead atoms. The summed E-state index contributed by atoms with van der Waals surface area (Å²) in [5.74, 6) is 6.04. The smallest absolute Gasteiger partial charge is 0.141 e. The van der Waals surface area contributed by atoms with Gasteiger partial charge in [-0.1, -0.05) is 24.9 Å². The Balaban J connectivity index is 2.47. The molecule has 0 aromatic carbocycles. The van der Waals surface area contributed by atoms with Crippen molar-refractivity contribution in [2.45, 2.75) is 39.3 Å². The van der Waals surface area contributed by atoms with E-state index in [0.29, 0.717) is 0 Å². The van der Waals surface area contributed by atoms with Crippen LogP contribution in [-0.2, 0) is 4.84 Å². The zero-order valence-corrected chi connectivity index (χ0v) is 10.2. The molecule has 1 aliphatic heterocycles. The third kappa shape index (κ3) is 3.84. The first kappa shape index (κ1) is 13.0. The van der Waals surface area contributed by atoms with Crippen LogP contribution < -0.4 is 5.32 Å². The molecule has 0 spiro atoms. The SMILES string of the molecule is CC#C/C(=N\O[C@@H]1CN[C@H](CO)C1)C(C)C. The van der Waals surface area contributed by atoms with Crippen LogP contribution in [0.4, 0.5) is 0 Å². The second-order valence-electron chi connectivity index (χ2n) is 4.26. The van der Waals surface area contributed by atoms with Crippen molar-refractivity contribution in [3.05, 3.63) is 0 Å². The maximum atomic E-state index is 8.96. The third-order valence-electron chi connectivity index (χ3n) is 2.50. The molecule has 1 heterocycles. The third-order valence-corrected chi connectivity index (χ3v) is 2.50. The number of aliphatic hydroxyl groups is 1. The summed E-state index contributed by atoms with van der Waals surface area (Å²) in [7, 11) is 0. The van der Waals surface area contributed by atoms with Gasteiger partial charge in [0, 0.05) is 24.9 Å². The van der Waals surface area contributed by atoms with Crippen molar-refractivity contribution in [1.82, 2.24) is 5.32 Å². The minimum atomic E-state index is 0.0459. The molecule has 16 heavy (non-hydrogen) atoms. The number of aliphatic hydroxyl groups excluding tert-OH is 1. The molecular weight excluding hydrogens is 204 g/mol. The fraction of sp³-hybridized carbons (Fsp3) is 0.750. The van der Waals surface area contributed by atoms with Crippen molar-refractivity contribution < 1.29 is 9.94 Å². The molecular formula is C12H20N2O2. The molecule has 1 aliphatic rings. The number of hydrogen-bond donors (Lipinski definition) is 2. The van der Waals surface area contributed by atoms with Crippen LogP contribution in [0.15, 0.2) is 5.16 Å². The van der Waals surface area contributed by atoms with Crippen LogP contribution in [0.2, 0.25) is 0 Å². The Bertz CT molecular complexity index is 302. The van der Waals surface area contributed by atoms with Gasteiger partial charge in [-0.15, -0.1) is 0 Å². The van der Waals surface area contributed by atoms with E-state index in [0.717, 1.165) is 18.7 Å². The molecule has 4 nitrogen and oxygen atoms in total. The van der Waals surface area contributed by atoms with E-state index in [1.807, 2.05) is 13.8 Å². The zero-order chi connectivity index (χ0) is 12.0. The molecule has 0 amide bonds. The highest BCUT2D eigenvalue weighted by Gasteiger charge is 2.24. The highest BCUT2D eigenvalue weighted by atomic mass is 16.6. The van der Waals surface area contributed by atoms with Crippen molar-refractivity contribution >= 4 is 5.71 Å². The van der Waals surface area contributed by atoms with Crippen LogP contribution >= 0.6 is 0 Å². The lowest BCUT2D eigenvalue weighted by molar-refractivity contribution is 0.0695. The Hall–Kier alpha value is -1.05. The lowest BCUT2D eigenvalue weighted by Gasteiger charge is -2.08. The van der Waals surface area contributed by atoms with E-state index in [9.17, 15) is 0 Å². The summed E-state index contributed by atoms with van der Waals surface area (Å²) in [5, 5.41) is 16.2. The summed E-state index contributed by atoms with van der Waals surface area (Å²) in [6.45, 7) is 6.75. The predicted molar refractivity (Wildman–Crippen MR) is 64.1 cm³/mol. The quantitative estimate of drug-likeness (QED) is 0.421. The predicted octanol–water partition coefficient (Wildman–Crippen LogP) is 0.761. The standard InChI is InChI=1S/C12H20N2O2/c1-4-5-12(9(2)3)14-16-11-6-10(8-15)13-7-11/h9-11,13,15H,6-8H2,1-3H3/b14-12+/t10-,11-/m0/s1. The second-order valence-corrected chi connectivity index (χ2v) is 4.26. The normalized spacial score (nSPS) is 25.4. The molecule has 1 saturated heterocycles. The summed E-state index contributed by atoms with van der Waals surface area (Å²) in [4.78, 5) is 5.42. The Kier molecular flexibility index (Phi) is 5.30. The summed E-state index contributed by atoms with van der Waals surface area (Å²) in [5.41, 5.74) is 0.773. The van der Waals surface area contributed by atoms with Crippen LogP contribution in [0.5, 0.6) is 0 Å². The number of nitrogens with zero attached hydrogens (tertiary/aromatic N) is 1. The van der Waals surface area contributed by atoms with Crippen molar-refractivity contribution in [3.63, 3.8) is 0 Å². The summed E-state index contributed by atoms with van der Waals surface area (Å²) >= 11 is 0. The van der Waals surface area contributed by atoms with Gasteiger partial charge in [-0.25, -0.2) is 0 Å². The van der Waals surface area contributed by atoms with E-state index < -0.39 is 0 Å². The van der Waals surface area contributed by atoms with Gasteiger partial charge >= 0.3 is 0 Å². The first-order chi connectivity index (χ1) is 7.67. The lowest BCUT2D eigenvalue weighted by atomic mass is 10.1. The molecule has 1 rings (SSSR count). The van der Waals surface area contributed by atoms with Gasteiger partial charge in [0.2, 0.25) is 0 Å². The Morgan fingerprint density at radius 1 is 1.62 bits per heavy atom. The number of rotatable bonds is 4. The number of nitrogens with one attached hydrogen (secondary N) is 1. The molecule has 0 aliphatic carbocycles. The van der Waals surface area contributed by atoms with E-state index in [-0.39, 0.29) is 24.7 Å². The minimum Gasteiger partial charge on any atom is -0.395 e. The van der Waals surface area contributed by atoms with Gasteiger partial charge in [-0.05, 0) is 12.8 Å². The molecule has 2 atom stereocenters. The van der Waals surface area contributed by atoms with Crippen molar-refractivity contribution in [1.29, 1.82) is 0 Å². The van der Waals surface area contributed by atoms with E-state index in [1.54, 1.807) is 6.92 Å². The van der Waals surface area contributed by atoms with Crippen molar-refractivity contribution in [3.8, 4) is 11.8 Å². The van der Waals surface area contributed by atoms with Crippen molar-refractivity contribution in [2.24, 2.45) is 11.1 Å². The van der Waals surface area contributed by atoms with Gasteiger partial charge in [0.1, 0.15) is 11.8 Å². The molecule has 0 aromatic rings. The Morgan fingerprint density at radius 2 is 2.38 bits per heavy atom. The molecule has 0 radical (unpaired) electrons. The second kappa shape index (κ2) is 6.51. The summed E-state index contributed by atoms with van der Waals surface area (Å²) in [6.07, 6.45) is 0.842. The number of hydrogen-bond acceptors (Lipinski definition) is 4. The zero-order valence-electron chi connectivity index (χ0n) is 10.2. The summed E-state index contributed by atoms with van der Waals surface area (Å²) in [6, 6.07) is 0.139. The first-order valence-corrected chi connectivity index (χ1v) is 5.68. The highest BCUT2D eigenvalue weighted by Crippen LogP contribution is 2.11. The van der Waals surface area contributed by atoms with Crippen LogP contribution in [0.3, 0.4) is 0 Å².